The molecule has 0 aromatic carbocycles. The van der Waals surface area contributed by atoms with E-state index in [9.17, 15) is 0 Å². The van der Waals surface area contributed by atoms with E-state index in [0.29, 0.717) is 6.61 Å². The Morgan fingerprint density at radius 2 is 1.88 bits per heavy atom. The lowest BCUT2D eigenvalue weighted by Gasteiger charge is -2.35. The average Bonchev–Trinajstić information content (AvgIpc) is 2.12. The van der Waals surface area contributed by atoms with Crippen molar-refractivity contribution in [3.63, 3.8) is 0 Å². The molecule has 96 valence electrons. The lowest BCUT2D eigenvalue weighted by atomic mass is 10.2. The van der Waals surface area contributed by atoms with Crippen molar-refractivity contribution in [3.05, 3.63) is 11.6 Å². The fourth-order valence-electron chi connectivity index (χ4n) is 1.07. The molecule has 0 radical (unpaired) electrons. The van der Waals surface area contributed by atoms with Gasteiger partial charge in [0.15, 0.2) is 8.32 Å². The number of rotatable bonds is 6. The topological polar surface area (TPSA) is 29.5 Å². The number of hydrogen-bond acceptors (Lipinski definition) is 2. The zero-order chi connectivity index (χ0) is 12.8. The molecule has 0 saturated carbocycles. The molecule has 1 N–H and O–H groups in total. The predicted octanol–water partition coefficient (Wildman–Crippen LogP) is 3.73. The number of aliphatic hydroxyl groups is 1. The van der Waals surface area contributed by atoms with Crippen LogP contribution < -0.4 is 0 Å². The summed E-state index contributed by atoms with van der Waals surface area (Å²) in [6.45, 7) is 14.4. The molecule has 2 nitrogen and oxygen atoms in total. The highest BCUT2D eigenvalue weighted by molar-refractivity contribution is 6.74. The van der Waals surface area contributed by atoms with Crippen LogP contribution in [0.2, 0.25) is 18.1 Å². The van der Waals surface area contributed by atoms with Crippen LogP contribution in [0, 0.1) is 0 Å². The van der Waals surface area contributed by atoms with E-state index in [4.69, 9.17) is 9.53 Å². The van der Waals surface area contributed by atoms with Crippen molar-refractivity contribution in [2.24, 2.45) is 0 Å². The van der Waals surface area contributed by atoms with Gasteiger partial charge in [-0.15, -0.1) is 0 Å². The summed E-state index contributed by atoms with van der Waals surface area (Å²) in [6.07, 6.45) is 3.97. The largest absolute Gasteiger partial charge is 0.413 e. The molecule has 0 heterocycles. The zero-order valence-corrected chi connectivity index (χ0v) is 12.8. The number of allylic oxidation sites excluding steroid dienone is 1. The summed E-state index contributed by atoms with van der Waals surface area (Å²) < 4.78 is 6.04. The van der Waals surface area contributed by atoms with Crippen molar-refractivity contribution in [1.82, 2.24) is 0 Å². The molecule has 0 aliphatic carbocycles. The second kappa shape index (κ2) is 6.57. The molecule has 0 amide bonds. The molecule has 0 rings (SSSR count). The predicted molar refractivity (Wildman–Crippen MR) is 73.2 cm³/mol. The van der Waals surface area contributed by atoms with E-state index >= 15 is 0 Å². The highest BCUT2D eigenvalue weighted by Gasteiger charge is 2.36. The first kappa shape index (κ1) is 15.9. The van der Waals surface area contributed by atoms with Gasteiger partial charge in [-0.2, -0.15) is 0 Å². The fraction of sp³-hybridized carbons (Fsp3) is 0.846. The molecule has 0 aromatic rings. The number of aliphatic hydroxyl groups excluding tert-OH is 1. The third kappa shape index (κ3) is 5.82. The Balaban J connectivity index is 4.06. The Labute approximate surface area is 102 Å². The van der Waals surface area contributed by atoms with Crippen LogP contribution in [-0.2, 0) is 4.43 Å². The van der Waals surface area contributed by atoms with Gasteiger partial charge in [-0.1, -0.05) is 32.4 Å². The molecular formula is C13H28O2Si. The third-order valence-corrected chi connectivity index (χ3v) is 7.91. The van der Waals surface area contributed by atoms with Crippen LogP contribution in [0.4, 0.5) is 0 Å². The van der Waals surface area contributed by atoms with Gasteiger partial charge in [0.05, 0.1) is 6.61 Å². The highest BCUT2D eigenvalue weighted by atomic mass is 28.4. The zero-order valence-electron chi connectivity index (χ0n) is 11.8. The van der Waals surface area contributed by atoms with Gasteiger partial charge in [0, 0.05) is 6.61 Å². The second-order valence-corrected chi connectivity index (χ2v) is 10.8. The molecular weight excluding hydrogens is 216 g/mol. The van der Waals surface area contributed by atoms with Crippen molar-refractivity contribution >= 4 is 8.32 Å². The van der Waals surface area contributed by atoms with Crippen molar-refractivity contribution in [2.75, 3.05) is 13.2 Å². The summed E-state index contributed by atoms with van der Waals surface area (Å²) in [7, 11) is -1.60. The Kier molecular flexibility index (Phi) is 6.52. The Bertz CT molecular complexity index is 227. The average molecular weight is 244 g/mol. The van der Waals surface area contributed by atoms with Crippen LogP contribution in [0.1, 0.15) is 40.5 Å². The van der Waals surface area contributed by atoms with Gasteiger partial charge in [0.25, 0.3) is 0 Å². The maximum absolute atomic E-state index is 8.72. The molecule has 0 fully saturated rings. The molecule has 0 saturated heterocycles. The normalized spacial score (nSPS) is 14.3. The summed E-state index contributed by atoms with van der Waals surface area (Å²) in [5.74, 6) is 0. The Morgan fingerprint density at radius 1 is 1.31 bits per heavy atom. The second-order valence-electron chi connectivity index (χ2n) is 5.95. The van der Waals surface area contributed by atoms with Crippen molar-refractivity contribution < 1.29 is 9.53 Å². The van der Waals surface area contributed by atoms with Crippen molar-refractivity contribution in [2.45, 2.75) is 58.7 Å². The van der Waals surface area contributed by atoms with Crippen LogP contribution in [-0.4, -0.2) is 26.6 Å². The molecule has 16 heavy (non-hydrogen) atoms. The van der Waals surface area contributed by atoms with Gasteiger partial charge in [-0.3, -0.25) is 0 Å². The van der Waals surface area contributed by atoms with Crippen LogP contribution >= 0.6 is 0 Å². The summed E-state index contributed by atoms with van der Waals surface area (Å²) in [4.78, 5) is 0. The van der Waals surface area contributed by atoms with E-state index in [2.05, 4.69) is 46.9 Å². The molecule has 0 unspecified atom stereocenters. The molecule has 0 atom stereocenters. The highest BCUT2D eigenvalue weighted by Crippen LogP contribution is 2.36. The van der Waals surface area contributed by atoms with E-state index in [1.165, 1.54) is 5.57 Å². The lowest BCUT2D eigenvalue weighted by Crippen LogP contribution is -2.40. The summed E-state index contributed by atoms with van der Waals surface area (Å²) in [5, 5.41) is 9.00. The van der Waals surface area contributed by atoms with Gasteiger partial charge in [0.2, 0.25) is 0 Å². The maximum Gasteiger partial charge on any atom is 0.192 e. The monoisotopic (exact) mass is 244 g/mol. The first-order valence-corrected chi connectivity index (χ1v) is 9.02. The SMILES string of the molecule is C/C(=C\CO[Si](C)(C)C(C)(C)C)CCCO. The Hall–Kier alpha value is -0.123. The summed E-state index contributed by atoms with van der Waals surface area (Å²) in [5.41, 5.74) is 1.31. The van der Waals surface area contributed by atoms with Crippen LogP contribution in [0.5, 0.6) is 0 Å². The molecule has 3 heteroatoms. The summed E-state index contributed by atoms with van der Waals surface area (Å²) in [6, 6.07) is 0. The Morgan fingerprint density at radius 3 is 2.31 bits per heavy atom. The standard InChI is InChI=1S/C13H28O2Si/c1-12(8-7-10-14)9-11-15-16(5,6)13(2,3)4/h9,14H,7-8,10-11H2,1-6H3/b12-9+. The van der Waals surface area contributed by atoms with Crippen molar-refractivity contribution in [3.8, 4) is 0 Å². The smallest absolute Gasteiger partial charge is 0.192 e. The summed E-state index contributed by atoms with van der Waals surface area (Å²) >= 11 is 0. The van der Waals surface area contributed by atoms with E-state index in [1.807, 2.05) is 0 Å². The van der Waals surface area contributed by atoms with Gasteiger partial charge in [-0.05, 0) is 37.9 Å². The lowest BCUT2D eigenvalue weighted by molar-refractivity contribution is 0.288. The minimum Gasteiger partial charge on any atom is -0.413 e. The molecule has 0 aromatic heterocycles. The minimum absolute atomic E-state index is 0.272. The van der Waals surface area contributed by atoms with Gasteiger partial charge >= 0.3 is 0 Å². The van der Waals surface area contributed by atoms with Crippen molar-refractivity contribution in [1.29, 1.82) is 0 Å². The minimum atomic E-state index is -1.60. The van der Waals surface area contributed by atoms with Gasteiger partial charge < -0.3 is 9.53 Å². The van der Waals surface area contributed by atoms with E-state index in [-0.39, 0.29) is 11.6 Å². The van der Waals surface area contributed by atoms with Gasteiger partial charge in [0.1, 0.15) is 0 Å². The molecule has 0 bridgehead atoms. The third-order valence-electron chi connectivity index (χ3n) is 3.41. The van der Waals surface area contributed by atoms with Crippen LogP contribution in [0.25, 0.3) is 0 Å². The maximum atomic E-state index is 8.72. The van der Waals surface area contributed by atoms with E-state index in [0.717, 1.165) is 12.8 Å². The van der Waals surface area contributed by atoms with E-state index < -0.39 is 8.32 Å². The van der Waals surface area contributed by atoms with Crippen LogP contribution in [0.3, 0.4) is 0 Å². The fourth-order valence-corrected chi connectivity index (χ4v) is 2.00. The van der Waals surface area contributed by atoms with Crippen LogP contribution in [0.15, 0.2) is 11.6 Å². The molecule has 0 aliphatic heterocycles. The van der Waals surface area contributed by atoms with Gasteiger partial charge in [-0.25, -0.2) is 0 Å². The first-order valence-electron chi connectivity index (χ1n) is 6.11. The first-order chi connectivity index (χ1) is 7.20. The number of hydrogen-bond donors (Lipinski definition) is 1. The molecule has 0 spiro atoms. The van der Waals surface area contributed by atoms with E-state index in [1.54, 1.807) is 0 Å². The quantitative estimate of drug-likeness (QED) is 0.570. The molecule has 0 aliphatic rings.